The highest BCUT2D eigenvalue weighted by atomic mass is 19.1. The molecule has 2 aromatic rings. The maximum Gasteiger partial charge on any atom is 0.159 e. The number of benzene rings is 1. The van der Waals surface area contributed by atoms with Crippen LogP contribution in [0.15, 0.2) is 36.7 Å². The van der Waals surface area contributed by atoms with Crippen LogP contribution in [0.4, 0.5) is 4.39 Å². The van der Waals surface area contributed by atoms with Crippen LogP contribution in [0, 0.1) is 0 Å². The van der Waals surface area contributed by atoms with Crippen molar-refractivity contribution in [2.24, 2.45) is 0 Å². The highest BCUT2D eigenvalue weighted by molar-refractivity contribution is 5.55. The molecule has 0 bridgehead atoms. The summed E-state index contributed by atoms with van der Waals surface area (Å²) in [5.41, 5.74) is 2.16. The van der Waals surface area contributed by atoms with Crippen LogP contribution < -0.4 is 4.74 Å². The van der Waals surface area contributed by atoms with E-state index in [2.05, 4.69) is 23.8 Å². The SMILES string of the molecule is CCCCCCc1cnc(-c2ccc(OCCC(F)CCCCCC)cc2)nc1. The van der Waals surface area contributed by atoms with Gasteiger partial charge in [0.1, 0.15) is 11.9 Å². The number of unbranched alkanes of at least 4 members (excludes halogenated alkanes) is 6. The summed E-state index contributed by atoms with van der Waals surface area (Å²) < 4.78 is 19.6. The van der Waals surface area contributed by atoms with Crippen LogP contribution in [0.5, 0.6) is 5.75 Å². The molecule has 0 aliphatic heterocycles. The number of aromatic nitrogens is 2. The molecule has 0 radical (unpaired) electrons. The molecule has 0 fully saturated rings. The van der Waals surface area contributed by atoms with E-state index in [0.29, 0.717) is 19.4 Å². The van der Waals surface area contributed by atoms with Crippen molar-refractivity contribution in [3.63, 3.8) is 0 Å². The molecule has 0 aliphatic carbocycles. The van der Waals surface area contributed by atoms with Crippen LogP contribution in [0.25, 0.3) is 11.4 Å². The van der Waals surface area contributed by atoms with Crippen LogP contribution >= 0.6 is 0 Å². The normalized spacial score (nSPS) is 12.1. The van der Waals surface area contributed by atoms with Gasteiger partial charge in [0.25, 0.3) is 0 Å². The first-order chi connectivity index (χ1) is 14.2. The molecule has 4 heteroatoms. The van der Waals surface area contributed by atoms with Gasteiger partial charge in [-0.05, 0) is 49.1 Å². The molecule has 1 unspecified atom stereocenters. The third-order valence-electron chi connectivity index (χ3n) is 5.21. The Morgan fingerprint density at radius 2 is 1.48 bits per heavy atom. The summed E-state index contributed by atoms with van der Waals surface area (Å²) >= 11 is 0. The van der Waals surface area contributed by atoms with Gasteiger partial charge in [0.15, 0.2) is 5.82 Å². The van der Waals surface area contributed by atoms with Gasteiger partial charge in [-0.2, -0.15) is 0 Å². The van der Waals surface area contributed by atoms with Crippen molar-refractivity contribution >= 4 is 0 Å². The standard InChI is InChI=1S/C25H37FN2O/c1-3-5-7-9-11-21-19-27-25(28-20-21)22-13-15-24(16-14-22)29-18-17-23(26)12-10-8-6-4-2/h13-16,19-20,23H,3-12,17-18H2,1-2H3. The number of hydrogen-bond acceptors (Lipinski definition) is 3. The first-order valence-corrected chi connectivity index (χ1v) is 11.4. The number of halogens is 1. The summed E-state index contributed by atoms with van der Waals surface area (Å²) in [5, 5.41) is 0. The molecule has 1 aromatic carbocycles. The molecule has 0 saturated heterocycles. The fourth-order valence-corrected chi connectivity index (χ4v) is 3.33. The molecule has 0 amide bonds. The smallest absolute Gasteiger partial charge is 0.159 e. The van der Waals surface area contributed by atoms with E-state index in [9.17, 15) is 4.39 Å². The van der Waals surface area contributed by atoms with Crippen molar-refractivity contribution in [2.75, 3.05) is 6.61 Å². The van der Waals surface area contributed by atoms with E-state index in [1.54, 1.807) is 0 Å². The van der Waals surface area contributed by atoms with Crippen molar-refractivity contribution in [2.45, 2.75) is 90.6 Å². The first-order valence-electron chi connectivity index (χ1n) is 11.4. The predicted molar refractivity (Wildman–Crippen MR) is 119 cm³/mol. The van der Waals surface area contributed by atoms with Gasteiger partial charge in [-0.3, -0.25) is 0 Å². The molecule has 160 valence electrons. The number of hydrogen-bond donors (Lipinski definition) is 0. The second kappa shape index (κ2) is 14.1. The van der Waals surface area contributed by atoms with E-state index in [-0.39, 0.29) is 0 Å². The molecule has 0 spiro atoms. The molecule has 29 heavy (non-hydrogen) atoms. The molecule has 0 saturated carbocycles. The van der Waals surface area contributed by atoms with Crippen molar-refractivity contribution in [3.05, 3.63) is 42.2 Å². The van der Waals surface area contributed by atoms with E-state index >= 15 is 0 Å². The summed E-state index contributed by atoms with van der Waals surface area (Å²) in [6, 6.07) is 7.74. The Hall–Kier alpha value is -1.97. The van der Waals surface area contributed by atoms with Crippen LogP contribution in [-0.2, 0) is 6.42 Å². The minimum atomic E-state index is -0.764. The fourth-order valence-electron chi connectivity index (χ4n) is 3.33. The van der Waals surface area contributed by atoms with Crippen molar-refractivity contribution in [1.82, 2.24) is 9.97 Å². The van der Waals surface area contributed by atoms with E-state index in [1.165, 1.54) is 44.1 Å². The second-order valence-electron chi connectivity index (χ2n) is 7.83. The number of rotatable bonds is 15. The summed E-state index contributed by atoms with van der Waals surface area (Å²) in [4.78, 5) is 9.01. The van der Waals surface area contributed by atoms with E-state index in [0.717, 1.165) is 36.4 Å². The van der Waals surface area contributed by atoms with Gasteiger partial charge < -0.3 is 4.74 Å². The van der Waals surface area contributed by atoms with Crippen molar-refractivity contribution < 1.29 is 9.13 Å². The molecule has 2 rings (SSSR count). The Balaban J connectivity index is 1.72. The summed E-state index contributed by atoms with van der Waals surface area (Å²) in [6.45, 7) is 4.81. The van der Waals surface area contributed by atoms with Gasteiger partial charge in [0.2, 0.25) is 0 Å². The van der Waals surface area contributed by atoms with Gasteiger partial charge in [0.05, 0.1) is 6.61 Å². The Kier molecular flexibility index (Phi) is 11.3. The van der Waals surface area contributed by atoms with Crippen LogP contribution in [0.2, 0.25) is 0 Å². The van der Waals surface area contributed by atoms with Gasteiger partial charge >= 0.3 is 0 Å². The Morgan fingerprint density at radius 3 is 2.14 bits per heavy atom. The second-order valence-corrected chi connectivity index (χ2v) is 7.83. The lowest BCUT2D eigenvalue weighted by atomic mass is 10.1. The van der Waals surface area contributed by atoms with Crippen LogP contribution in [0.1, 0.15) is 83.6 Å². The zero-order valence-corrected chi connectivity index (χ0v) is 18.2. The number of alkyl halides is 1. The lowest BCUT2D eigenvalue weighted by molar-refractivity contribution is 0.222. The van der Waals surface area contributed by atoms with Gasteiger partial charge in [-0.15, -0.1) is 0 Å². The Labute approximate surface area is 176 Å². The van der Waals surface area contributed by atoms with E-state index < -0.39 is 6.17 Å². The largest absolute Gasteiger partial charge is 0.493 e. The summed E-state index contributed by atoms with van der Waals surface area (Å²) in [5.74, 6) is 1.49. The molecular weight excluding hydrogens is 363 g/mol. The molecule has 0 aliphatic rings. The fraction of sp³-hybridized carbons (Fsp3) is 0.600. The Bertz CT molecular complexity index is 658. The van der Waals surface area contributed by atoms with E-state index in [1.807, 2.05) is 36.7 Å². The molecule has 1 heterocycles. The van der Waals surface area contributed by atoms with Gasteiger partial charge in [0, 0.05) is 24.4 Å². The molecule has 1 aromatic heterocycles. The quantitative estimate of drug-likeness (QED) is 0.293. The average molecular weight is 401 g/mol. The molecule has 1 atom stereocenters. The average Bonchev–Trinajstić information content (AvgIpc) is 2.75. The third kappa shape index (κ3) is 9.38. The predicted octanol–water partition coefficient (Wildman–Crippen LogP) is 7.34. The van der Waals surface area contributed by atoms with Crippen LogP contribution in [-0.4, -0.2) is 22.7 Å². The highest BCUT2D eigenvalue weighted by Crippen LogP contribution is 2.20. The maximum atomic E-state index is 13.9. The summed E-state index contributed by atoms with van der Waals surface area (Å²) in [6.07, 6.45) is 14.7. The van der Waals surface area contributed by atoms with Crippen molar-refractivity contribution in [1.29, 1.82) is 0 Å². The van der Waals surface area contributed by atoms with Gasteiger partial charge in [-0.1, -0.05) is 58.8 Å². The zero-order valence-electron chi connectivity index (χ0n) is 18.2. The van der Waals surface area contributed by atoms with Crippen molar-refractivity contribution in [3.8, 4) is 17.1 Å². The highest BCUT2D eigenvalue weighted by Gasteiger charge is 2.07. The van der Waals surface area contributed by atoms with Crippen LogP contribution in [0.3, 0.4) is 0 Å². The molecule has 0 N–H and O–H groups in total. The topological polar surface area (TPSA) is 35.0 Å². The minimum absolute atomic E-state index is 0.414. The first kappa shape index (κ1) is 23.3. The monoisotopic (exact) mass is 400 g/mol. The molecule has 3 nitrogen and oxygen atoms in total. The lowest BCUT2D eigenvalue weighted by Crippen LogP contribution is -2.07. The summed E-state index contributed by atoms with van der Waals surface area (Å²) in [7, 11) is 0. The lowest BCUT2D eigenvalue weighted by Gasteiger charge is -2.10. The zero-order chi connectivity index (χ0) is 20.7. The third-order valence-corrected chi connectivity index (χ3v) is 5.21. The van der Waals surface area contributed by atoms with E-state index in [4.69, 9.17) is 4.74 Å². The number of nitrogens with zero attached hydrogens (tertiary/aromatic N) is 2. The van der Waals surface area contributed by atoms with Gasteiger partial charge in [-0.25, -0.2) is 14.4 Å². The Morgan fingerprint density at radius 1 is 0.828 bits per heavy atom. The minimum Gasteiger partial charge on any atom is -0.493 e. The number of aryl methyl sites for hydroxylation is 1. The maximum absolute atomic E-state index is 13.9. The number of ether oxygens (including phenoxy) is 1. The molecular formula is C25H37FN2O.